The molecule has 17 heavy (non-hydrogen) atoms. The molecule has 0 fully saturated rings. The smallest absolute Gasteiger partial charge is 0.228 e. The second-order valence-electron chi connectivity index (χ2n) is 3.50. The van der Waals surface area contributed by atoms with Crippen LogP contribution in [0, 0.1) is 6.92 Å². The lowest BCUT2D eigenvalue weighted by Crippen LogP contribution is -2.05. The standard InChI is InChI=1S/C11H14N4O2/c1-8-14-10(17-15-8)4-6-12-9-3-5-13-11(7-9)16-2/h3,5,7H,4,6H2,1-2H3,(H,12,13). The summed E-state index contributed by atoms with van der Waals surface area (Å²) >= 11 is 0. The van der Waals surface area contributed by atoms with Gasteiger partial charge in [-0.2, -0.15) is 4.98 Å². The lowest BCUT2D eigenvalue weighted by atomic mass is 10.3. The van der Waals surface area contributed by atoms with Gasteiger partial charge in [0.05, 0.1) is 7.11 Å². The van der Waals surface area contributed by atoms with Crippen LogP contribution in [0.4, 0.5) is 5.69 Å². The van der Waals surface area contributed by atoms with Crippen LogP contribution < -0.4 is 10.1 Å². The molecule has 0 aromatic carbocycles. The summed E-state index contributed by atoms with van der Waals surface area (Å²) in [7, 11) is 1.59. The van der Waals surface area contributed by atoms with Crippen molar-refractivity contribution in [3.8, 4) is 5.88 Å². The second-order valence-corrected chi connectivity index (χ2v) is 3.50. The Labute approximate surface area is 99.0 Å². The molecule has 0 aliphatic rings. The van der Waals surface area contributed by atoms with Gasteiger partial charge in [0.15, 0.2) is 5.82 Å². The molecule has 90 valence electrons. The van der Waals surface area contributed by atoms with E-state index in [1.165, 1.54) is 0 Å². The van der Waals surface area contributed by atoms with Crippen LogP contribution in [-0.4, -0.2) is 28.8 Å². The molecule has 6 nitrogen and oxygen atoms in total. The molecule has 0 aliphatic carbocycles. The van der Waals surface area contributed by atoms with Crippen LogP contribution in [0.2, 0.25) is 0 Å². The topological polar surface area (TPSA) is 73.1 Å². The third kappa shape index (κ3) is 3.17. The molecule has 2 rings (SSSR count). The van der Waals surface area contributed by atoms with Crippen molar-refractivity contribution in [2.24, 2.45) is 0 Å². The largest absolute Gasteiger partial charge is 0.481 e. The lowest BCUT2D eigenvalue weighted by molar-refractivity contribution is 0.377. The van der Waals surface area contributed by atoms with Crippen molar-refractivity contribution >= 4 is 5.69 Å². The van der Waals surface area contributed by atoms with Crippen molar-refractivity contribution < 1.29 is 9.26 Å². The normalized spacial score (nSPS) is 10.2. The van der Waals surface area contributed by atoms with E-state index < -0.39 is 0 Å². The Bertz CT molecular complexity index is 484. The van der Waals surface area contributed by atoms with Crippen LogP contribution in [0.15, 0.2) is 22.9 Å². The van der Waals surface area contributed by atoms with E-state index >= 15 is 0 Å². The molecule has 0 aliphatic heterocycles. The monoisotopic (exact) mass is 234 g/mol. The van der Waals surface area contributed by atoms with E-state index in [0.29, 0.717) is 24.0 Å². The molecule has 0 atom stereocenters. The quantitative estimate of drug-likeness (QED) is 0.843. The van der Waals surface area contributed by atoms with E-state index in [-0.39, 0.29) is 0 Å². The van der Waals surface area contributed by atoms with E-state index in [1.807, 2.05) is 12.1 Å². The summed E-state index contributed by atoms with van der Waals surface area (Å²) in [6, 6.07) is 3.71. The number of hydrogen-bond donors (Lipinski definition) is 1. The molecule has 0 saturated heterocycles. The van der Waals surface area contributed by atoms with Crippen molar-refractivity contribution in [3.63, 3.8) is 0 Å². The van der Waals surface area contributed by atoms with Gasteiger partial charge in [0, 0.05) is 30.9 Å². The van der Waals surface area contributed by atoms with Crippen LogP contribution in [-0.2, 0) is 6.42 Å². The molecule has 0 unspecified atom stereocenters. The molecule has 2 aromatic rings. The highest BCUT2D eigenvalue weighted by molar-refractivity contribution is 5.44. The van der Waals surface area contributed by atoms with Gasteiger partial charge in [-0.15, -0.1) is 0 Å². The van der Waals surface area contributed by atoms with E-state index in [2.05, 4.69) is 20.4 Å². The van der Waals surface area contributed by atoms with Gasteiger partial charge >= 0.3 is 0 Å². The number of methoxy groups -OCH3 is 1. The van der Waals surface area contributed by atoms with Crippen LogP contribution in [0.25, 0.3) is 0 Å². The number of pyridine rings is 1. The third-order valence-corrected chi connectivity index (χ3v) is 2.18. The summed E-state index contributed by atoms with van der Waals surface area (Å²) < 4.78 is 10.0. The van der Waals surface area contributed by atoms with Gasteiger partial charge in [-0.1, -0.05) is 5.16 Å². The first-order chi connectivity index (χ1) is 8.28. The fourth-order valence-electron chi connectivity index (χ4n) is 1.39. The van der Waals surface area contributed by atoms with Gasteiger partial charge in [-0.25, -0.2) is 4.98 Å². The molecule has 6 heteroatoms. The van der Waals surface area contributed by atoms with E-state index in [4.69, 9.17) is 9.26 Å². The Hall–Kier alpha value is -2.11. The Morgan fingerprint density at radius 3 is 3.06 bits per heavy atom. The van der Waals surface area contributed by atoms with Crippen molar-refractivity contribution in [2.45, 2.75) is 13.3 Å². The minimum absolute atomic E-state index is 0.587. The molecule has 0 bridgehead atoms. The van der Waals surface area contributed by atoms with Crippen LogP contribution in [0.5, 0.6) is 5.88 Å². The number of anilines is 1. The average molecular weight is 234 g/mol. The highest BCUT2D eigenvalue weighted by atomic mass is 16.5. The highest BCUT2D eigenvalue weighted by Crippen LogP contribution is 2.13. The molecule has 0 amide bonds. The molecular formula is C11H14N4O2. The summed E-state index contributed by atoms with van der Waals surface area (Å²) in [6.07, 6.45) is 2.38. The van der Waals surface area contributed by atoms with Crippen molar-refractivity contribution in [1.82, 2.24) is 15.1 Å². The third-order valence-electron chi connectivity index (χ3n) is 2.18. The first-order valence-electron chi connectivity index (χ1n) is 5.31. The Morgan fingerprint density at radius 2 is 2.35 bits per heavy atom. The zero-order valence-corrected chi connectivity index (χ0v) is 9.80. The minimum atomic E-state index is 0.587. The predicted octanol–water partition coefficient (Wildman–Crippen LogP) is 1.44. The Balaban J connectivity index is 1.85. The molecule has 1 N–H and O–H groups in total. The zero-order valence-electron chi connectivity index (χ0n) is 9.80. The number of hydrogen-bond acceptors (Lipinski definition) is 6. The molecule has 0 spiro atoms. The molecular weight excluding hydrogens is 220 g/mol. The fraction of sp³-hybridized carbons (Fsp3) is 0.364. The number of ether oxygens (including phenoxy) is 1. The first-order valence-corrected chi connectivity index (χ1v) is 5.31. The maximum Gasteiger partial charge on any atom is 0.228 e. The molecule has 0 saturated carbocycles. The van der Waals surface area contributed by atoms with Gasteiger partial charge in [0.1, 0.15) is 0 Å². The fourth-order valence-corrected chi connectivity index (χ4v) is 1.39. The van der Waals surface area contributed by atoms with Crippen molar-refractivity contribution in [1.29, 1.82) is 0 Å². The van der Waals surface area contributed by atoms with E-state index in [9.17, 15) is 0 Å². The maximum absolute atomic E-state index is 5.03. The summed E-state index contributed by atoms with van der Waals surface area (Å²) in [5.74, 6) is 1.88. The van der Waals surface area contributed by atoms with Gasteiger partial charge in [0.25, 0.3) is 0 Å². The van der Waals surface area contributed by atoms with E-state index in [1.54, 1.807) is 20.2 Å². The van der Waals surface area contributed by atoms with Crippen molar-refractivity contribution in [3.05, 3.63) is 30.0 Å². The minimum Gasteiger partial charge on any atom is -0.481 e. The van der Waals surface area contributed by atoms with Crippen LogP contribution in [0.3, 0.4) is 0 Å². The van der Waals surface area contributed by atoms with Gasteiger partial charge < -0.3 is 14.6 Å². The SMILES string of the molecule is COc1cc(NCCc2nc(C)no2)ccn1. The second kappa shape index (κ2) is 5.29. The van der Waals surface area contributed by atoms with Crippen LogP contribution >= 0.6 is 0 Å². The number of aromatic nitrogens is 3. The van der Waals surface area contributed by atoms with Gasteiger partial charge in [-0.05, 0) is 13.0 Å². The summed E-state index contributed by atoms with van der Waals surface area (Å²) in [4.78, 5) is 8.15. The molecule has 2 aromatic heterocycles. The maximum atomic E-state index is 5.03. The lowest BCUT2D eigenvalue weighted by Gasteiger charge is -2.05. The van der Waals surface area contributed by atoms with Crippen molar-refractivity contribution in [2.75, 3.05) is 19.0 Å². The first kappa shape index (κ1) is 11.4. The van der Waals surface area contributed by atoms with Crippen LogP contribution in [0.1, 0.15) is 11.7 Å². The Kier molecular flexibility index (Phi) is 3.54. The average Bonchev–Trinajstić information content (AvgIpc) is 2.75. The number of rotatable bonds is 5. The summed E-state index contributed by atoms with van der Waals surface area (Å²) in [5, 5.41) is 6.96. The van der Waals surface area contributed by atoms with Gasteiger partial charge in [-0.3, -0.25) is 0 Å². The number of aryl methyl sites for hydroxylation is 1. The zero-order chi connectivity index (χ0) is 12.1. The molecule has 0 radical (unpaired) electrons. The van der Waals surface area contributed by atoms with E-state index in [0.717, 1.165) is 12.2 Å². The summed E-state index contributed by atoms with van der Waals surface area (Å²) in [5.41, 5.74) is 0.952. The summed E-state index contributed by atoms with van der Waals surface area (Å²) in [6.45, 7) is 2.52. The molecule has 2 heterocycles. The number of nitrogens with zero attached hydrogens (tertiary/aromatic N) is 3. The predicted molar refractivity (Wildman–Crippen MR) is 62.0 cm³/mol. The highest BCUT2D eigenvalue weighted by Gasteiger charge is 2.02. The van der Waals surface area contributed by atoms with Gasteiger partial charge in [0.2, 0.25) is 11.8 Å². The number of nitrogens with one attached hydrogen (secondary N) is 1. The Morgan fingerprint density at radius 1 is 1.47 bits per heavy atom.